The fourth-order valence-electron chi connectivity index (χ4n) is 3.37. The molecule has 26 heavy (non-hydrogen) atoms. The van der Waals surface area contributed by atoms with E-state index in [0.29, 0.717) is 23.9 Å². The zero-order valence-corrected chi connectivity index (χ0v) is 15.5. The zero-order chi connectivity index (χ0) is 18.3. The summed E-state index contributed by atoms with van der Waals surface area (Å²) in [6, 6.07) is 12.6. The molecule has 0 bridgehead atoms. The molecule has 6 nitrogen and oxygen atoms in total. The molecule has 2 aromatic carbocycles. The molecule has 0 atom stereocenters. The van der Waals surface area contributed by atoms with E-state index in [-0.39, 0.29) is 23.6 Å². The van der Waals surface area contributed by atoms with Gasteiger partial charge in [-0.2, -0.15) is 0 Å². The van der Waals surface area contributed by atoms with Crippen LogP contribution in [0, 0.1) is 0 Å². The molecule has 0 aliphatic carbocycles. The molecule has 0 saturated heterocycles. The molecular weight excluding hydrogens is 398 g/mol. The van der Waals surface area contributed by atoms with Gasteiger partial charge in [0.2, 0.25) is 5.91 Å². The molecule has 1 amide bonds. The number of benzene rings is 2. The van der Waals surface area contributed by atoms with Gasteiger partial charge in [0.05, 0.1) is 10.8 Å². The number of rotatable bonds is 2. The van der Waals surface area contributed by atoms with E-state index in [1.807, 2.05) is 18.2 Å². The lowest BCUT2D eigenvalue weighted by atomic mass is 10.00. The summed E-state index contributed by atoms with van der Waals surface area (Å²) < 4.78 is 2.15. The smallest absolute Gasteiger partial charge is 0.273 e. The number of halogens is 1. The predicted octanol–water partition coefficient (Wildman–Crippen LogP) is 2.04. The van der Waals surface area contributed by atoms with Crippen molar-refractivity contribution in [2.75, 3.05) is 6.54 Å². The molecule has 132 valence electrons. The summed E-state index contributed by atoms with van der Waals surface area (Å²) in [5, 5.41) is 3.16. The van der Waals surface area contributed by atoms with Crippen molar-refractivity contribution in [3.05, 3.63) is 78.8 Å². The number of carbonyl (C=O) groups is 1. The second-order valence-corrected chi connectivity index (χ2v) is 7.17. The van der Waals surface area contributed by atoms with Gasteiger partial charge in [0.25, 0.3) is 11.1 Å². The number of nitrogens with one attached hydrogen (secondary N) is 1. The largest absolute Gasteiger partial charge is 0.336 e. The fraction of sp³-hybridized carbons (Fsp3) is 0.211. The molecule has 4 rings (SSSR count). The average molecular weight is 414 g/mol. The minimum absolute atomic E-state index is 0.178. The summed E-state index contributed by atoms with van der Waals surface area (Å²) in [5.41, 5.74) is 1.57. The molecule has 1 aromatic heterocycles. The van der Waals surface area contributed by atoms with Crippen molar-refractivity contribution in [1.82, 2.24) is 14.7 Å². The number of aromatic nitrogens is 2. The first-order valence-corrected chi connectivity index (χ1v) is 9.10. The quantitative estimate of drug-likeness (QED) is 0.698. The number of hydrogen-bond acceptors (Lipinski definition) is 3. The van der Waals surface area contributed by atoms with Gasteiger partial charge in [-0.25, -0.2) is 4.68 Å². The highest BCUT2D eigenvalue weighted by Gasteiger charge is 2.22. The van der Waals surface area contributed by atoms with Gasteiger partial charge in [-0.3, -0.25) is 19.5 Å². The zero-order valence-electron chi connectivity index (χ0n) is 13.9. The third-order valence-electron chi connectivity index (χ3n) is 4.74. The van der Waals surface area contributed by atoms with E-state index in [1.54, 1.807) is 29.2 Å². The lowest BCUT2D eigenvalue weighted by molar-refractivity contribution is -0.133. The van der Waals surface area contributed by atoms with E-state index in [0.717, 1.165) is 21.1 Å². The van der Waals surface area contributed by atoms with Crippen LogP contribution in [-0.2, 0) is 24.3 Å². The van der Waals surface area contributed by atoms with Gasteiger partial charge < -0.3 is 4.90 Å². The Bertz CT molecular complexity index is 1130. The number of nitrogens with zero attached hydrogens (tertiary/aromatic N) is 2. The predicted molar refractivity (Wildman–Crippen MR) is 102 cm³/mol. The van der Waals surface area contributed by atoms with Crippen molar-refractivity contribution in [1.29, 1.82) is 0 Å². The molecule has 1 N–H and O–H groups in total. The van der Waals surface area contributed by atoms with Crippen LogP contribution in [0.15, 0.2) is 56.5 Å². The van der Waals surface area contributed by atoms with Crippen LogP contribution in [0.25, 0.3) is 10.8 Å². The Morgan fingerprint density at radius 1 is 1.08 bits per heavy atom. The van der Waals surface area contributed by atoms with Crippen molar-refractivity contribution >= 4 is 32.6 Å². The summed E-state index contributed by atoms with van der Waals surface area (Å²) in [5.74, 6) is -0.191. The lowest BCUT2D eigenvalue weighted by Gasteiger charge is -2.29. The molecular formula is C19H16BrN3O3. The average Bonchev–Trinajstić information content (AvgIpc) is 2.66. The van der Waals surface area contributed by atoms with Gasteiger partial charge in [-0.05, 0) is 35.7 Å². The standard InChI is InChI=1S/C19H16BrN3O3/c20-16-7-3-4-12-10-22(9-8-13(12)16)17(24)11-23-19(26)15-6-2-1-5-14(15)18(25)21-23/h1-7H,8-11H2,(H,21,25). The molecule has 0 unspecified atom stereocenters. The maximum absolute atomic E-state index is 12.7. The van der Waals surface area contributed by atoms with Crippen LogP contribution in [0.2, 0.25) is 0 Å². The summed E-state index contributed by atoms with van der Waals surface area (Å²) in [7, 11) is 0. The number of fused-ring (bicyclic) bond motifs is 2. The molecule has 1 aliphatic heterocycles. The summed E-state index contributed by atoms with van der Waals surface area (Å²) in [6.07, 6.45) is 0.756. The van der Waals surface area contributed by atoms with Crippen LogP contribution >= 0.6 is 15.9 Å². The van der Waals surface area contributed by atoms with Gasteiger partial charge in [-0.15, -0.1) is 0 Å². The van der Waals surface area contributed by atoms with E-state index in [9.17, 15) is 14.4 Å². The molecule has 1 aliphatic rings. The Kier molecular flexibility index (Phi) is 4.24. The van der Waals surface area contributed by atoms with E-state index >= 15 is 0 Å². The lowest BCUT2D eigenvalue weighted by Crippen LogP contribution is -2.41. The number of carbonyl (C=O) groups excluding carboxylic acids is 1. The minimum atomic E-state index is -0.374. The number of hydrogen-bond donors (Lipinski definition) is 1. The molecule has 2 heterocycles. The maximum Gasteiger partial charge on any atom is 0.273 e. The SMILES string of the molecule is O=C(Cn1[nH]c(=O)c2ccccc2c1=O)N1CCc2c(Br)cccc2C1. The minimum Gasteiger partial charge on any atom is -0.336 e. The van der Waals surface area contributed by atoms with Crippen molar-refractivity contribution in [3.63, 3.8) is 0 Å². The second-order valence-electron chi connectivity index (χ2n) is 6.32. The van der Waals surface area contributed by atoms with Gasteiger partial charge in [0, 0.05) is 17.6 Å². The van der Waals surface area contributed by atoms with Crippen LogP contribution in [0.5, 0.6) is 0 Å². The summed E-state index contributed by atoms with van der Waals surface area (Å²) >= 11 is 3.54. The topological polar surface area (TPSA) is 75.2 Å². The van der Waals surface area contributed by atoms with Crippen molar-refractivity contribution < 1.29 is 4.79 Å². The number of H-pyrrole nitrogens is 1. The Balaban J connectivity index is 1.62. The van der Waals surface area contributed by atoms with Crippen LogP contribution in [0.3, 0.4) is 0 Å². The van der Waals surface area contributed by atoms with Gasteiger partial charge in [0.1, 0.15) is 6.54 Å². The van der Waals surface area contributed by atoms with Crippen LogP contribution in [-0.4, -0.2) is 27.1 Å². The molecule has 0 spiro atoms. The summed E-state index contributed by atoms with van der Waals surface area (Å²) in [4.78, 5) is 39.1. The molecule has 0 radical (unpaired) electrons. The molecule has 0 fully saturated rings. The number of aromatic amines is 1. The van der Waals surface area contributed by atoms with Crippen molar-refractivity contribution in [2.45, 2.75) is 19.5 Å². The van der Waals surface area contributed by atoms with Gasteiger partial charge in [-0.1, -0.05) is 40.2 Å². The molecule has 0 saturated carbocycles. The maximum atomic E-state index is 12.7. The first kappa shape index (κ1) is 16.8. The van der Waals surface area contributed by atoms with E-state index < -0.39 is 0 Å². The molecule has 7 heteroatoms. The highest BCUT2D eigenvalue weighted by atomic mass is 79.9. The van der Waals surface area contributed by atoms with Crippen LogP contribution in [0.4, 0.5) is 0 Å². The van der Waals surface area contributed by atoms with E-state index in [2.05, 4.69) is 21.0 Å². The van der Waals surface area contributed by atoms with Crippen molar-refractivity contribution in [3.8, 4) is 0 Å². The first-order chi connectivity index (χ1) is 12.5. The second kappa shape index (κ2) is 6.57. The van der Waals surface area contributed by atoms with Crippen LogP contribution < -0.4 is 11.1 Å². The monoisotopic (exact) mass is 413 g/mol. The van der Waals surface area contributed by atoms with Gasteiger partial charge >= 0.3 is 0 Å². The highest BCUT2D eigenvalue weighted by molar-refractivity contribution is 9.10. The fourth-order valence-corrected chi connectivity index (χ4v) is 3.97. The normalized spacial score (nSPS) is 13.7. The van der Waals surface area contributed by atoms with Crippen molar-refractivity contribution in [2.24, 2.45) is 0 Å². The first-order valence-electron chi connectivity index (χ1n) is 8.30. The Hall–Kier alpha value is -2.67. The van der Waals surface area contributed by atoms with Crippen LogP contribution in [0.1, 0.15) is 11.1 Å². The van der Waals surface area contributed by atoms with Gasteiger partial charge in [0.15, 0.2) is 0 Å². The Labute approximate surface area is 157 Å². The molecule has 3 aromatic rings. The van der Waals surface area contributed by atoms with E-state index in [1.165, 1.54) is 5.56 Å². The Morgan fingerprint density at radius 2 is 1.85 bits per heavy atom. The highest BCUT2D eigenvalue weighted by Crippen LogP contribution is 2.26. The Morgan fingerprint density at radius 3 is 2.65 bits per heavy atom. The third-order valence-corrected chi connectivity index (χ3v) is 5.48. The number of amides is 1. The summed E-state index contributed by atoms with van der Waals surface area (Å²) in [6.45, 7) is 0.906. The third kappa shape index (κ3) is 2.88. The van der Waals surface area contributed by atoms with E-state index in [4.69, 9.17) is 0 Å².